The van der Waals surface area contributed by atoms with Crippen molar-refractivity contribution in [1.82, 2.24) is 0 Å². The van der Waals surface area contributed by atoms with Gasteiger partial charge in [0.05, 0.1) is 44.0 Å². The first-order valence-electron chi connectivity index (χ1n) is 14.0. The van der Waals surface area contributed by atoms with Crippen molar-refractivity contribution >= 4 is 22.5 Å². The topological polar surface area (TPSA) is 121 Å². The van der Waals surface area contributed by atoms with Crippen molar-refractivity contribution in [2.24, 2.45) is 0 Å². The predicted octanol–water partition coefficient (Wildman–Crippen LogP) is 3.67. The van der Waals surface area contributed by atoms with Crippen LogP contribution in [0.5, 0.6) is 17.2 Å². The second-order valence-electron chi connectivity index (χ2n) is 11.2. The monoisotopic (exact) mass is 570 g/mol. The van der Waals surface area contributed by atoms with Crippen LogP contribution in [0.1, 0.15) is 65.8 Å². The van der Waals surface area contributed by atoms with Gasteiger partial charge in [0.15, 0.2) is 11.5 Å². The van der Waals surface area contributed by atoms with Crippen LogP contribution in [0.25, 0.3) is 10.8 Å². The molecule has 3 saturated heterocycles. The molecular weight excluding hydrogens is 536 g/mol. The minimum absolute atomic E-state index is 0.113. The second kappa shape index (κ2) is 9.35. The van der Waals surface area contributed by atoms with E-state index < -0.39 is 35.5 Å². The fourth-order valence-corrected chi connectivity index (χ4v) is 7.33. The maximum atomic E-state index is 13.4. The number of epoxide rings is 1. The van der Waals surface area contributed by atoms with Gasteiger partial charge in [0.1, 0.15) is 11.5 Å². The minimum Gasteiger partial charge on any atom is -0.496 e. The van der Waals surface area contributed by atoms with Crippen LogP contribution in [0.4, 0.5) is 0 Å². The van der Waals surface area contributed by atoms with E-state index in [2.05, 4.69) is 0 Å². The highest BCUT2D eigenvalue weighted by atomic mass is 16.8. The molecule has 4 atom stereocenters. The average Bonchev–Trinajstić information content (AvgIpc) is 3.78. The number of benzene rings is 2. The van der Waals surface area contributed by atoms with Crippen LogP contribution in [-0.2, 0) is 39.6 Å². The number of hydrogen-bond acceptors (Lipinski definition) is 11. The highest BCUT2D eigenvalue weighted by Gasteiger charge is 2.84. The number of methoxy groups -OCH3 is 3. The summed E-state index contributed by atoms with van der Waals surface area (Å²) in [7, 11) is 4.66. The molecule has 11 heteroatoms. The lowest BCUT2D eigenvalue weighted by Crippen LogP contribution is -2.75. The van der Waals surface area contributed by atoms with Crippen LogP contribution < -0.4 is 14.2 Å². The van der Waals surface area contributed by atoms with E-state index in [1.807, 2.05) is 13.0 Å². The number of rotatable bonds is 5. The molecule has 3 fully saturated rings. The number of ketones is 1. The fraction of sp³-hybridized carbons (Fsp3) is 0.600. The first-order valence-corrected chi connectivity index (χ1v) is 14.0. The lowest BCUT2D eigenvalue weighted by atomic mass is 9.76. The molecule has 0 N–H and O–H groups in total. The van der Waals surface area contributed by atoms with Gasteiger partial charge in [-0.25, -0.2) is 0 Å². The number of fused-ring (bicyclic) bond motifs is 8. The van der Waals surface area contributed by atoms with Gasteiger partial charge in [0.2, 0.25) is 17.7 Å². The third-order valence-electron chi connectivity index (χ3n) is 9.10. The summed E-state index contributed by atoms with van der Waals surface area (Å²) in [5.41, 5.74) is 1.43. The van der Waals surface area contributed by atoms with Crippen molar-refractivity contribution in [1.29, 1.82) is 0 Å². The van der Waals surface area contributed by atoms with Crippen molar-refractivity contribution in [3.8, 4) is 17.2 Å². The van der Waals surface area contributed by atoms with Gasteiger partial charge >= 0.3 is 5.97 Å². The van der Waals surface area contributed by atoms with Crippen molar-refractivity contribution in [2.45, 2.75) is 75.5 Å². The summed E-state index contributed by atoms with van der Waals surface area (Å²) in [4.78, 5) is 25.8. The van der Waals surface area contributed by atoms with Crippen molar-refractivity contribution < 1.29 is 52.2 Å². The van der Waals surface area contributed by atoms with Gasteiger partial charge in [-0.3, -0.25) is 9.59 Å². The molecule has 1 spiro atoms. The zero-order valence-electron chi connectivity index (χ0n) is 23.9. The zero-order chi connectivity index (χ0) is 28.7. The van der Waals surface area contributed by atoms with E-state index in [0.717, 1.165) is 23.1 Å². The third-order valence-corrected chi connectivity index (χ3v) is 9.10. The Kier molecular flexibility index (Phi) is 6.17. The summed E-state index contributed by atoms with van der Waals surface area (Å²) < 4.78 is 56.1. The van der Waals surface area contributed by atoms with E-state index >= 15 is 0 Å². The highest BCUT2D eigenvalue weighted by molar-refractivity contribution is 6.12. The van der Waals surface area contributed by atoms with E-state index in [1.165, 1.54) is 14.0 Å². The number of carbonyl (C=O) groups is 2. The summed E-state index contributed by atoms with van der Waals surface area (Å²) in [6, 6.07) is 1.96. The molecule has 220 valence electrons. The Morgan fingerprint density at radius 3 is 2.44 bits per heavy atom. The average molecular weight is 571 g/mol. The van der Waals surface area contributed by atoms with E-state index in [1.54, 1.807) is 14.2 Å². The number of Topliss-reactive ketones (excluding diaryl/α,β-unsaturated/α-hetero) is 1. The van der Waals surface area contributed by atoms with Crippen molar-refractivity contribution in [2.75, 3.05) is 41.2 Å². The molecule has 41 heavy (non-hydrogen) atoms. The lowest BCUT2D eigenvalue weighted by molar-refractivity contribution is -0.448. The van der Waals surface area contributed by atoms with Crippen LogP contribution in [0, 0.1) is 6.92 Å². The number of esters is 1. The smallest absolute Gasteiger partial charge is 0.308 e. The van der Waals surface area contributed by atoms with Gasteiger partial charge in [-0.15, -0.1) is 0 Å². The maximum absolute atomic E-state index is 13.4. The molecule has 1 aliphatic carbocycles. The minimum atomic E-state index is -1.49. The van der Waals surface area contributed by atoms with Crippen molar-refractivity contribution in [3.05, 3.63) is 28.3 Å². The Hall–Kier alpha value is -2.80. The number of aryl methyl sites for hydroxylation is 1. The first-order chi connectivity index (χ1) is 19.8. The predicted molar refractivity (Wildman–Crippen MR) is 141 cm³/mol. The van der Waals surface area contributed by atoms with Gasteiger partial charge in [-0.2, -0.15) is 0 Å². The summed E-state index contributed by atoms with van der Waals surface area (Å²) >= 11 is 0. The van der Waals surface area contributed by atoms with Gasteiger partial charge in [0.25, 0.3) is 5.79 Å². The van der Waals surface area contributed by atoms with Gasteiger partial charge in [-0.1, -0.05) is 0 Å². The molecule has 2 aromatic rings. The molecule has 2 bridgehead atoms. The molecule has 5 aliphatic rings. The zero-order valence-corrected chi connectivity index (χ0v) is 23.9. The molecule has 2 aromatic carbocycles. The third kappa shape index (κ3) is 3.47. The van der Waals surface area contributed by atoms with E-state index in [0.29, 0.717) is 66.7 Å². The van der Waals surface area contributed by atoms with E-state index in [-0.39, 0.29) is 18.1 Å². The Balaban J connectivity index is 1.53. The maximum Gasteiger partial charge on any atom is 0.308 e. The summed E-state index contributed by atoms with van der Waals surface area (Å²) in [6.45, 7) is 4.44. The molecule has 4 heterocycles. The first kappa shape index (κ1) is 27.1. The van der Waals surface area contributed by atoms with Gasteiger partial charge in [-0.05, 0) is 37.8 Å². The molecule has 7 rings (SSSR count). The Morgan fingerprint density at radius 2 is 1.80 bits per heavy atom. The number of ether oxygens (including phenoxy) is 9. The summed E-state index contributed by atoms with van der Waals surface area (Å²) in [5, 5.41) is 1.12. The molecule has 2 unspecified atom stereocenters. The standard InChI is InChI=1S/C30H34O11/c1-15-12-18-23(25(39-16(2)31)22-17(24(18)33-3)8-6-9-19(22)32)26-21(15)20-13-29(34-4,41-26)28(14-38-28)30(35-5,40-20)27-36-10-7-11-37-27/h12,20,27H,6-11,13-14H2,1-5H3/t20?,28-,29+,30?/m0/s1. The van der Waals surface area contributed by atoms with E-state index in [4.69, 9.17) is 42.6 Å². The SMILES string of the molecule is COc1c2c(c(OC(C)=O)c3c4c(c(C)cc13)C1C[C@@](OC)(O4)[C@@]3(CO3)C(OC)(C3OCCCO3)O1)C(=O)CCC2. The molecule has 0 amide bonds. The second-order valence-corrected chi connectivity index (χ2v) is 11.2. The van der Waals surface area contributed by atoms with Gasteiger partial charge in [0, 0.05) is 50.5 Å². The molecule has 0 aromatic heterocycles. The van der Waals surface area contributed by atoms with Gasteiger partial charge < -0.3 is 42.6 Å². The molecule has 11 nitrogen and oxygen atoms in total. The summed E-state index contributed by atoms with van der Waals surface area (Å²) in [6.07, 6.45) is 1.20. The molecular formula is C30H34O11. The normalized spacial score (nSPS) is 32.3. The largest absolute Gasteiger partial charge is 0.496 e. The Morgan fingerprint density at radius 1 is 1.05 bits per heavy atom. The summed E-state index contributed by atoms with van der Waals surface area (Å²) in [5.74, 6) is -2.43. The quantitative estimate of drug-likeness (QED) is 0.297. The Bertz CT molecular complexity index is 1460. The fourth-order valence-electron chi connectivity index (χ4n) is 7.33. The van der Waals surface area contributed by atoms with Crippen LogP contribution in [0.2, 0.25) is 0 Å². The number of carbonyl (C=O) groups excluding carboxylic acids is 2. The van der Waals surface area contributed by atoms with E-state index in [9.17, 15) is 9.59 Å². The Labute approximate surface area is 237 Å². The van der Waals surface area contributed by atoms with Crippen molar-refractivity contribution in [3.63, 3.8) is 0 Å². The van der Waals surface area contributed by atoms with Crippen LogP contribution in [0.15, 0.2) is 6.07 Å². The molecule has 0 radical (unpaired) electrons. The van der Waals surface area contributed by atoms with Crippen LogP contribution >= 0.6 is 0 Å². The lowest BCUT2D eigenvalue weighted by Gasteiger charge is -2.57. The molecule has 0 saturated carbocycles. The number of hydrogen-bond donors (Lipinski definition) is 0. The highest BCUT2D eigenvalue weighted by Crippen LogP contribution is 2.66. The molecule has 4 aliphatic heterocycles. The van der Waals surface area contributed by atoms with Crippen LogP contribution in [-0.4, -0.2) is 76.4 Å². The van der Waals surface area contributed by atoms with Crippen LogP contribution in [0.3, 0.4) is 0 Å².